The summed E-state index contributed by atoms with van der Waals surface area (Å²) in [5, 5.41) is 1.63. The van der Waals surface area contributed by atoms with E-state index in [1.165, 1.54) is 0 Å². The molecule has 2 aromatic rings. The van der Waals surface area contributed by atoms with E-state index in [-0.39, 0.29) is 0 Å². The van der Waals surface area contributed by atoms with E-state index in [0.717, 1.165) is 26.0 Å². The maximum atomic E-state index is 5.77. The number of benzene rings is 2. The molecular formula is C14H10Br2N2O. The van der Waals surface area contributed by atoms with Crippen molar-refractivity contribution in [3.63, 3.8) is 0 Å². The van der Waals surface area contributed by atoms with Crippen molar-refractivity contribution in [3.8, 4) is 0 Å². The molecular weight excluding hydrogens is 372 g/mol. The summed E-state index contributed by atoms with van der Waals surface area (Å²) in [4.78, 5) is 5.77. The maximum Gasteiger partial charge on any atom is 0.182 e. The molecule has 5 heteroatoms. The molecule has 1 N–H and O–H groups in total. The standard InChI is InChI=1S/C14H10Br2N2O/c15-11-3-1-10(2-4-11)14-9-17-18(19-14)13-7-5-12(16)6-8-13/h1-9,17H. The third-order valence-electron chi connectivity index (χ3n) is 2.69. The second-order valence-electron chi connectivity index (χ2n) is 4.01. The highest BCUT2D eigenvalue weighted by Gasteiger charge is 2.17. The second-order valence-corrected chi connectivity index (χ2v) is 5.84. The van der Waals surface area contributed by atoms with Gasteiger partial charge in [-0.05, 0) is 48.5 Å². The zero-order valence-electron chi connectivity index (χ0n) is 9.81. The number of hydrogen-bond donors (Lipinski definition) is 1. The Balaban J connectivity index is 1.76. The molecule has 1 heterocycles. The molecule has 3 nitrogen and oxygen atoms in total. The molecule has 96 valence electrons. The molecule has 19 heavy (non-hydrogen) atoms. The van der Waals surface area contributed by atoms with Gasteiger partial charge in [-0.25, -0.2) is 0 Å². The van der Waals surface area contributed by atoms with Crippen LogP contribution in [0.5, 0.6) is 0 Å². The summed E-state index contributed by atoms with van der Waals surface area (Å²) in [6.45, 7) is 0. The first kappa shape index (κ1) is 12.6. The highest BCUT2D eigenvalue weighted by atomic mass is 79.9. The fourth-order valence-electron chi connectivity index (χ4n) is 1.72. The van der Waals surface area contributed by atoms with E-state index in [4.69, 9.17) is 4.84 Å². The van der Waals surface area contributed by atoms with Crippen molar-refractivity contribution in [1.82, 2.24) is 5.43 Å². The van der Waals surface area contributed by atoms with Crippen LogP contribution in [0.2, 0.25) is 0 Å². The first-order valence-electron chi connectivity index (χ1n) is 5.68. The van der Waals surface area contributed by atoms with E-state index in [1.54, 1.807) is 5.17 Å². The molecule has 0 saturated carbocycles. The van der Waals surface area contributed by atoms with Crippen LogP contribution in [0.4, 0.5) is 5.69 Å². The van der Waals surface area contributed by atoms with Gasteiger partial charge in [0.25, 0.3) is 0 Å². The van der Waals surface area contributed by atoms with Crippen LogP contribution >= 0.6 is 31.9 Å². The lowest BCUT2D eigenvalue weighted by molar-refractivity contribution is 0.243. The van der Waals surface area contributed by atoms with Crippen molar-refractivity contribution < 1.29 is 4.84 Å². The SMILES string of the molecule is Brc1ccc(C2=CNN(c3ccc(Br)cc3)O2)cc1. The Labute approximate surface area is 128 Å². The fourth-order valence-corrected chi connectivity index (χ4v) is 2.25. The highest BCUT2D eigenvalue weighted by Crippen LogP contribution is 2.26. The first-order chi connectivity index (χ1) is 9.22. The number of rotatable bonds is 2. The quantitative estimate of drug-likeness (QED) is 0.830. The minimum absolute atomic E-state index is 0.787. The van der Waals surface area contributed by atoms with E-state index in [1.807, 2.05) is 54.7 Å². The van der Waals surface area contributed by atoms with Gasteiger partial charge in [-0.2, -0.15) is 0 Å². The fraction of sp³-hybridized carbons (Fsp3) is 0. The van der Waals surface area contributed by atoms with Crippen molar-refractivity contribution in [2.45, 2.75) is 0 Å². The van der Waals surface area contributed by atoms with Gasteiger partial charge in [-0.1, -0.05) is 31.9 Å². The van der Waals surface area contributed by atoms with Crippen molar-refractivity contribution in [2.24, 2.45) is 0 Å². The molecule has 0 aliphatic carbocycles. The molecule has 0 atom stereocenters. The van der Waals surface area contributed by atoms with Crippen molar-refractivity contribution >= 4 is 43.3 Å². The molecule has 0 amide bonds. The molecule has 0 spiro atoms. The lowest BCUT2D eigenvalue weighted by atomic mass is 10.2. The van der Waals surface area contributed by atoms with E-state index in [2.05, 4.69) is 37.3 Å². The summed E-state index contributed by atoms with van der Waals surface area (Å²) in [5.74, 6) is 0.787. The van der Waals surface area contributed by atoms with Gasteiger partial charge in [0.15, 0.2) is 5.76 Å². The Hall–Kier alpha value is -1.46. The molecule has 0 fully saturated rings. The van der Waals surface area contributed by atoms with Crippen LogP contribution in [-0.4, -0.2) is 0 Å². The molecule has 3 rings (SSSR count). The van der Waals surface area contributed by atoms with E-state index >= 15 is 0 Å². The summed E-state index contributed by atoms with van der Waals surface area (Å²) < 4.78 is 2.09. The minimum atomic E-state index is 0.787. The van der Waals surface area contributed by atoms with Gasteiger partial charge in [0.1, 0.15) is 0 Å². The van der Waals surface area contributed by atoms with Crippen molar-refractivity contribution in [1.29, 1.82) is 0 Å². The number of hydrogen-bond acceptors (Lipinski definition) is 3. The summed E-state index contributed by atoms with van der Waals surface area (Å²) >= 11 is 6.83. The average Bonchev–Trinajstić information content (AvgIpc) is 2.90. The molecule has 0 bridgehead atoms. The summed E-state index contributed by atoms with van der Waals surface area (Å²) in [7, 11) is 0. The molecule has 2 aromatic carbocycles. The van der Waals surface area contributed by atoms with Gasteiger partial charge >= 0.3 is 0 Å². The largest absolute Gasteiger partial charge is 0.357 e. The minimum Gasteiger partial charge on any atom is -0.357 e. The molecule has 0 saturated heterocycles. The van der Waals surface area contributed by atoms with Gasteiger partial charge < -0.3 is 4.84 Å². The zero-order valence-corrected chi connectivity index (χ0v) is 13.0. The number of halogens is 2. The van der Waals surface area contributed by atoms with Crippen LogP contribution in [-0.2, 0) is 4.84 Å². The van der Waals surface area contributed by atoms with Crippen LogP contribution < -0.4 is 10.6 Å². The maximum absolute atomic E-state index is 5.77. The van der Waals surface area contributed by atoms with E-state index in [9.17, 15) is 0 Å². The van der Waals surface area contributed by atoms with Gasteiger partial charge in [0.2, 0.25) is 0 Å². The van der Waals surface area contributed by atoms with Gasteiger partial charge in [-0.15, -0.1) is 5.17 Å². The summed E-state index contributed by atoms with van der Waals surface area (Å²) in [5.41, 5.74) is 5.04. The van der Waals surface area contributed by atoms with Crippen LogP contribution in [0.3, 0.4) is 0 Å². The average molecular weight is 382 g/mol. The Bertz CT molecular complexity index is 608. The monoisotopic (exact) mass is 380 g/mol. The lowest BCUT2D eigenvalue weighted by Crippen LogP contribution is -2.27. The highest BCUT2D eigenvalue weighted by molar-refractivity contribution is 9.10. The Morgan fingerprint density at radius 2 is 1.42 bits per heavy atom. The van der Waals surface area contributed by atoms with E-state index in [0.29, 0.717) is 0 Å². The van der Waals surface area contributed by atoms with Crippen LogP contribution in [0, 0.1) is 0 Å². The number of anilines is 1. The third kappa shape index (κ3) is 2.77. The van der Waals surface area contributed by atoms with Crippen molar-refractivity contribution in [3.05, 3.63) is 69.2 Å². The smallest absolute Gasteiger partial charge is 0.182 e. The van der Waals surface area contributed by atoms with Gasteiger partial charge in [-0.3, -0.25) is 5.43 Å². The number of nitrogens with zero attached hydrogens (tertiary/aromatic N) is 1. The Kier molecular flexibility index (Phi) is 3.48. The van der Waals surface area contributed by atoms with Crippen LogP contribution in [0.1, 0.15) is 5.56 Å². The van der Waals surface area contributed by atoms with Crippen LogP contribution in [0.25, 0.3) is 5.76 Å². The third-order valence-corrected chi connectivity index (χ3v) is 3.75. The normalized spacial score (nSPS) is 13.8. The first-order valence-corrected chi connectivity index (χ1v) is 7.27. The zero-order chi connectivity index (χ0) is 13.2. The summed E-state index contributed by atoms with van der Waals surface area (Å²) in [6.07, 6.45) is 1.84. The number of nitrogens with one attached hydrogen (secondary N) is 1. The predicted molar refractivity (Wildman–Crippen MR) is 83.0 cm³/mol. The molecule has 0 unspecified atom stereocenters. The topological polar surface area (TPSA) is 24.5 Å². The molecule has 0 aromatic heterocycles. The Morgan fingerprint density at radius 3 is 2.05 bits per heavy atom. The van der Waals surface area contributed by atoms with Crippen LogP contribution in [0.15, 0.2) is 63.7 Å². The van der Waals surface area contributed by atoms with Crippen molar-refractivity contribution in [2.75, 3.05) is 5.17 Å². The number of hydrazine groups is 1. The lowest BCUT2D eigenvalue weighted by Gasteiger charge is -2.17. The van der Waals surface area contributed by atoms with E-state index < -0.39 is 0 Å². The Morgan fingerprint density at radius 1 is 0.842 bits per heavy atom. The van der Waals surface area contributed by atoms with Gasteiger partial charge in [0, 0.05) is 14.5 Å². The molecule has 0 radical (unpaired) electrons. The predicted octanol–water partition coefficient (Wildman–Crippen LogP) is 4.47. The summed E-state index contributed by atoms with van der Waals surface area (Å²) in [6, 6.07) is 15.9. The molecule has 1 aliphatic heterocycles. The van der Waals surface area contributed by atoms with Gasteiger partial charge in [0.05, 0.1) is 11.9 Å². The second kappa shape index (κ2) is 5.27. The molecule has 1 aliphatic rings.